The number of carbonyl (C=O) groups excluding carboxylic acids is 3. The first-order chi connectivity index (χ1) is 11.2. The van der Waals surface area contributed by atoms with Crippen molar-refractivity contribution >= 4 is 33.7 Å². The second kappa shape index (κ2) is 7.03. The molecule has 0 aromatic heterocycles. The Morgan fingerprint density at radius 1 is 1.17 bits per heavy atom. The first kappa shape index (κ1) is 18.6. The zero-order valence-electron chi connectivity index (χ0n) is 13.6. The average Bonchev–Trinajstić information content (AvgIpc) is 2.53. The van der Waals surface area contributed by atoms with Crippen LogP contribution in [-0.2, 0) is 23.9 Å². The van der Waals surface area contributed by atoms with Gasteiger partial charge < -0.3 is 14.6 Å². The monoisotopic (exact) mass is 398 g/mol. The Labute approximate surface area is 148 Å². The Morgan fingerprint density at radius 2 is 1.71 bits per heavy atom. The molecule has 0 saturated heterocycles. The molecule has 1 N–H and O–H groups in total. The summed E-state index contributed by atoms with van der Waals surface area (Å²) in [6, 6.07) is 6.89. The van der Waals surface area contributed by atoms with Crippen LogP contribution in [0.4, 0.5) is 0 Å². The number of benzene rings is 1. The smallest absolute Gasteiger partial charge is 0.316 e. The molecule has 6 nitrogen and oxygen atoms in total. The number of halogens is 1. The highest BCUT2D eigenvalue weighted by molar-refractivity contribution is 9.10. The predicted octanol–water partition coefficient (Wildman–Crippen LogP) is 1.83. The van der Waals surface area contributed by atoms with Gasteiger partial charge in [0.25, 0.3) is 0 Å². The highest BCUT2D eigenvalue weighted by Crippen LogP contribution is 2.46. The van der Waals surface area contributed by atoms with Crippen LogP contribution in [0.5, 0.6) is 0 Å². The minimum atomic E-state index is -1.62. The van der Waals surface area contributed by atoms with Crippen LogP contribution in [0.2, 0.25) is 0 Å². The van der Waals surface area contributed by atoms with Crippen molar-refractivity contribution in [1.82, 2.24) is 0 Å². The second-order valence-corrected chi connectivity index (χ2v) is 6.99. The molecule has 0 aliphatic heterocycles. The van der Waals surface area contributed by atoms with Crippen molar-refractivity contribution in [3.63, 3.8) is 0 Å². The molecule has 130 valence electrons. The topological polar surface area (TPSA) is 89.9 Å². The molecule has 4 atom stereocenters. The summed E-state index contributed by atoms with van der Waals surface area (Å²) in [6.45, 7) is 1.41. The molecule has 0 amide bonds. The van der Waals surface area contributed by atoms with Gasteiger partial charge in [0.15, 0.2) is 5.78 Å². The van der Waals surface area contributed by atoms with Gasteiger partial charge in [-0.2, -0.15) is 0 Å². The molecule has 0 heterocycles. The Hall–Kier alpha value is -1.73. The Kier molecular flexibility index (Phi) is 5.45. The van der Waals surface area contributed by atoms with Crippen molar-refractivity contribution in [3.05, 3.63) is 34.3 Å². The van der Waals surface area contributed by atoms with Gasteiger partial charge in [0.2, 0.25) is 0 Å². The van der Waals surface area contributed by atoms with Crippen LogP contribution in [0.25, 0.3) is 0 Å². The van der Waals surface area contributed by atoms with E-state index >= 15 is 0 Å². The minimum Gasteiger partial charge on any atom is -0.469 e. The van der Waals surface area contributed by atoms with Crippen molar-refractivity contribution < 1.29 is 29.0 Å². The molecule has 1 aromatic carbocycles. The van der Waals surface area contributed by atoms with E-state index in [1.54, 1.807) is 24.3 Å². The fraction of sp³-hybridized carbons (Fsp3) is 0.471. The quantitative estimate of drug-likeness (QED) is 0.616. The lowest BCUT2D eigenvalue weighted by molar-refractivity contribution is -0.170. The third-order valence-corrected chi connectivity index (χ3v) is 4.96. The molecule has 0 bridgehead atoms. The second-order valence-electron chi connectivity index (χ2n) is 6.08. The highest BCUT2D eigenvalue weighted by Gasteiger charge is 2.56. The number of carbonyl (C=O) groups is 3. The molecular weight excluding hydrogens is 380 g/mol. The molecule has 0 spiro atoms. The van der Waals surface area contributed by atoms with E-state index in [4.69, 9.17) is 9.47 Å². The number of hydrogen-bond donors (Lipinski definition) is 1. The van der Waals surface area contributed by atoms with E-state index in [-0.39, 0.29) is 6.42 Å². The summed E-state index contributed by atoms with van der Waals surface area (Å²) >= 11 is 3.32. The number of aliphatic hydroxyl groups is 1. The molecule has 2 rings (SSSR count). The van der Waals surface area contributed by atoms with Crippen LogP contribution >= 0.6 is 15.9 Å². The number of ether oxygens (including phenoxy) is 2. The maximum absolute atomic E-state index is 12.5. The maximum atomic E-state index is 12.5. The van der Waals surface area contributed by atoms with Crippen molar-refractivity contribution in [2.75, 3.05) is 14.2 Å². The fourth-order valence-corrected chi connectivity index (χ4v) is 3.62. The number of hydrogen-bond acceptors (Lipinski definition) is 6. The van der Waals surface area contributed by atoms with Crippen LogP contribution in [0.1, 0.15) is 24.8 Å². The average molecular weight is 399 g/mol. The minimum absolute atomic E-state index is 0.320. The zero-order valence-corrected chi connectivity index (χ0v) is 15.2. The number of ketones is 1. The van der Waals surface area contributed by atoms with E-state index in [0.29, 0.717) is 5.56 Å². The van der Waals surface area contributed by atoms with Gasteiger partial charge in [-0.05, 0) is 24.6 Å². The summed E-state index contributed by atoms with van der Waals surface area (Å²) < 4.78 is 10.4. The van der Waals surface area contributed by atoms with Crippen LogP contribution in [0, 0.1) is 11.8 Å². The van der Waals surface area contributed by atoms with Gasteiger partial charge in [-0.15, -0.1) is 0 Å². The summed E-state index contributed by atoms with van der Waals surface area (Å²) in [6.07, 6.45) is -0.320. The molecule has 7 heteroatoms. The third-order valence-electron chi connectivity index (χ3n) is 4.43. The van der Waals surface area contributed by atoms with E-state index in [9.17, 15) is 19.5 Å². The van der Waals surface area contributed by atoms with Crippen molar-refractivity contribution in [1.29, 1.82) is 0 Å². The van der Waals surface area contributed by atoms with E-state index < -0.39 is 41.1 Å². The summed E-state index contributed by atoms with van der Waals surface area (Å²) in [5.41, 5.74) is -1.04. The number of methoxy groups -OCH3 is 2. The molecule has 24 heavy (non-hydrogen) atoms. The van der Waals surface area contributed by atoms with Crippen LogP contribution < -0.4 is 0 Å². The van der Waals surface area contributed by atoms with E-state index in [1.807, 2.05) is 0 Å². The summed E-state index contributed by atoms with van der Waals surface area (Å²) in [7, 11) is 2.40. The maximum Gasteiger partial charge on any atom is 0.316 e. The highest BCUT2D eigenvalue weighted by atomic mass is 79.9. The molecule has 1 aromatic rings. The summed E-state index contributed by atoms with van der Waals surface area (Å²) in [5.74, 6) is -4.95. The third kappa shape index (κ3) is 3.37. The zero-order chi connectivity index (χ0) is 18.1. The SMILES string of the molecule is COC(=O)[C@H]1C(=O)C[C@](C)(O)[C@@H](C(=O)OC)[C@H]1c1ccc(Br)cc1. The fourth-order valence-electron chi connectivity index (χ4n) is 3.35. The lowest BCUT2D eigenvalue weighted by atomic mass is 9.62. The number of esters is 2. The summed E-state index contributed by atoms with van der Waals surface area (Å²) in [5, 5.41) is 10.7. The first-order valence-electron chi connectivity index (χ1n) is 7.39. The lowest BCUT2D eigenvalue weighted by Gasteiger charge is -2.43. The van der Waals surface area contributed by atoms with Crippen molar-refractivity contribution in [2.45, 2.75) is 24.9 Å². The number of rotatable bonds is 3. The standard InChI is InChI=1S/C17H19BrO6/c1-17(22)8-11(19)13(15(20)23-2)12(14(17)16(21)24-3)9-4-6-10(18)7-5-9/h4-7,12-14,22H,8H2,1-3H3/t12-,13-,14+,17-/m0/s1. The predicted molar refractivity (Wildman–Crippen MR) is 88.1 cm³/mol. The van der Waals surface area contributed by atoms with Crippen molar-refractivity contribution in [2.24, 2.45) is 11.8 Å². The van der Waals surface area contributed by atoms with E-state index in [1.165, 1.54) is 21.1 Å². The van der Waals surface area contributed by atoms with Crippen molar-refractivity contribution in [3.8, 4) is 0 Å². The van der Waals surface area contributed by atoms with Gasteiger partial charge in [-0.3, -0.25) is 14.4 Å². The summed E-state index contributed by atoms with van der Waals surface area (Å²) in [4.78, 5) is 37.0. The molecule has 0 unspecified atom stereocenters. The van der Waals surface area contributed by atoms with Gasteiger partial charge in [0.05, 0.1) is 25.7 Å². The van der Waals surface area contributed by atoms with Gasteiger partial charge in [-0.1, -0.05) is 28.1 Å². The Morgan fingerprint density at radius 3 is 2.21 bits per heavy atom. The van der Waals surface area contributed by atoms with Gasteiger partial charge in [-0.25, -0.2) is 0 Å². The molecule has 1 aliphatic carbocycles. The molecule has 1 aliphatic rings. The molecular formula is C17H19BrO6. The van der Waals surface area contributed by atoms with E-state index in [2.05, 4.69) is 15.9 Å². The van der Waals surface area contributed by atoms with Gasteiger partial charge in [0.1, 0.15) is 5.92 Å². The van der Waals surface area contributed by atoms with Gasteiger partial charge >= 0.3 is 11.9 Å². The van der Waals surface area contributed by atoms with Gasteiger partial charge in [0, 0.05) is 16.8 Å². The molecule has 0 radical (unpaired) electrons. The largest absolute Gasteiger partial charge is 0.469 e. The Balaban J connectivity index is 2.63. The number of Topliss-reactive ketones (excluding diaryl/α,β-unsaturated/α-hetero) is 1. The molecule has 1 fully saturated rings. The molecule has 1 saturated carbocycles. The van der Waals surface area contributed by atoms with Crippen LogP contribution in [0.15, 0.2) is 28.7 Å². The van der Waals surface area contributed by atoms with E-state index in [0.717, 1.165) is 4.47 Å². The van der Waals surface area contributed by atoms with Crippen LogP contribution in [-0.4, -0.2) is 42.6 Å². The lowest BCUT2D eigenvalue weighted by Crippen LogP contribution is -2.55. The Bertz CT molecular complexity index is 652. The first-order valence-corrected chi connectivity index (χ1v) is 8.18. The van der Waals surface area contributed by atoms with Crippen LogP contribution in [0.3, 0.4) is 0 Å². The normalized spacial score (nSPS) is 29.9.